The molecule has 1 atom stereocenters. The largest absolute Gasteiger partial charge is 0.379 e. The van der Waals surface area contributed by atoms with Crippen molar-refractivity contribution in [3.05, 3.63) is 17.8 Å². The van der Waals surface area contributed by atoms with Crippen LogP contribution >= 0.6 is 0 Å². The summed E-state index contributed by atoms with van der Waals surface area (Å²) in [4.78, 5) is 2.16. The lowest BCUT2D eigenvalue weighted by molar-refractivity contribution is 0.193. The molecule has 1 unspecified atom stereocenters. The summed E-state index contributed by atoms with van der Waals surface area (Å²) < 4.78 is 5.40. The predicted molar refractivity (Wildman–Crippen MR) is 69.5 cm³/mol. The van der Waals surface area contributed by atoms with Crippen molar-refractivity contribution in [2.75, 3.05) is 25.2 Å². The lowest BCUT2D eigenvalue weighted by atomic mass is 10.2. The van der Waals surface area contributed by atoms with Crippen molar-refractivity contribution in [3.8, 4) is 0 Å². The van der Waals surface area contributed by atoms with Gasteiger partial charge in [0.1, 0.15) is 0 Å². The molecule has 1 saturated heterocycles. The first kappa shape index (κ1) is 11.9. The van der Waals surface area contributed by atoms with Gasteiger partial charge in [-0.1, -0.05) is 0 Å². The van der Waals surface area contributed by atoms with Gasteiger partial charge in [-0.05, 0) is 31.4 Å². The second-order valence-corrected chi connectivity index (χ2v) is 5.17. The maximum absolute atomic E-state index is 5.40. The van der Waals surface area contributed by atoms with Crippen LogP contribution in [0.1, 0.15) is 25.0 Å². The number of nitrogens with zero attached hydrogens (tertiary/aromatic N) is 3. The Morgan fingerprint density at radius 2 is 2.22 bits per heavy atom. The monoisotopic (exact) mass is 248 g/mol. The number of likely N-dealkylation sites (N-methyl/N-ethyl adjacent to an activating group) is 1. The molecule has 1 aliphatic carbocycles. The molecule has 0 amide bonds. The number of nitrogens with one attached hydrogen (secondary N) is 1. The molecule has 1 aliphatic heterocycles. The van der Waals surface area contributed by atoms with E-state index in [4.69, 9.17) is 4.74 Å². The van der Waals surface area contributed by atoms with Crippen LogP contribution in [-0.2, 0) is 11.3 Å². The van der Waals surface area contributed by atoms with Gasteiger partial charge in [0.2, 0.25) is 0 Å². The first-order valence-corrected chi connectivity index (χ1v) is 6.69. The molecule has 5 nitrogen and oxygen atoms in total. The number of hydrogen-bond acceptors (Lipinski definition) is 5. The Kier molecular flexibility index (Phi) is 3.43. The third-order valence-corrected chi connectivity index (χ3v) is 3.67. The highest BCUT2D eigenvalue weighted by Gasteiger charge is 2.22. The molecule has 1 aromatic rings. The van der Waals surface area contributed by atoms with Crippen LogP contribution in [0.4, 0.5) is 5.82 Å². The van der Waals surface area contributed by atoms with E-state index in [1.165, 1.54) is 12.8 Å². The summed E-state index contributed by atoms with van der Waals surface area (Å²) >= 11 is 0. The van der Waals surface area contributed by atoms with Gasteiger partial charge in [-0.3, -0.25) is 0 Å². The van der Waals surface area contributed by atoms with E-state index in [1.807, 2.05) is 0 Å². The summed E-state index contributed by atoms with van der Waals surface area (Å²) in [7, 11) is 2.06. The van der Waals surface area contributed by atoms with Crippen LogP contribution in [0.15, 0.2) is 12.1 Å². The van der Waals surface area contributed by atoms with E-state index in [1.54, 1.807) is 0 Å². The van der Waals surface area contributed by atoms with Crippen molar-refractivity contribution in [2.24, 2.45) is 0 Å². The minimum Gasteiger partial charge on any atom is -0.379 e. The van der Waals surface area contributed by atoms with Gasteiger partial charge >= 0.3 is 0 Å². The zero-order chi connectivity index (χ0) is 12.4. The van der Waals surface area contributed by atoms with E-state index in [2.05, 4.69) is 39.6 Å². The average Bonchev–Trinajstić information content (AvgIpc) is 3.08. The van der Waals surface area contributed by atoms with Gasteiger partial charge < -0.3 is 15.0 Å². The van der Waals surface area contributed by atoms with Crippen molar-refractivity contribution in [3.63, 3.8) is 0 Å². The summed E-state index contributed by atoms with van der Waals surface area (Å²) in [5.74, 6) is 0.931. The van der Waals surface area contributed by atoms with E-state index in [-0.39, 0.29) is 0 Å². The fourth-order valence-electron chi connectivity index (χ4n) is 2.19. The minimum absolute atomic E-state index is 0.440. The fourth-order valence-corrected chi connectivity index (χ4v) is 2.19. The quantitative estimate of drug-likeness (QED) is 0.841. The van der Waals surface area contributed by atoms with Gasteiger partial charge in [0.25, 0.3) is 0 Å². The van der Waals surface area contributed by atoms with E-state index >= 15 is 0 Å². The van der Waals surface area contributed by atoms with Crippen LogP contribution < -0.4 is 10.2 Å². The Balaban J connectivity index is 1.58. The Bertz CT molecular complexity index is 384. The standard InChI is InChI=1S/C13H20N4O/c1-17(12-6-7-18-9-12)13-5-4-11(15-16-13)8-14-10-2-3-10/h4-5,10,12,14H,2-3,6-9H2,1H3. The highest BCUT2D eigenvalue weighted by Crippen LogP contribution is 2.20. The summed E-state index contributed by atoms with van der Waals surface area (Å²) in [6, 6.07) is 5.26. The van der Waals surface area contributed by atoms with Crippen molar-refractivity contribution in [2.45, 2.75) is 37.9 Å². The van der Waals surface area contributed by atoms with Crippen LogP contribution in [0.3, 0.4) is 0 Å². The van der Waals surface area contributed by atoms with Crippen LogP contribution in [0.5, 0.6) is 0 Å². The molecule has 0 aromatic carbocycles. The van der Waals surface area contributed by atoms with Crippen LogP contribution in [-0.4, -0.2) is 42.5 Å². The van der Waals surface area contributed by atoms with Crippen LogP contribution in [0.25, 0.3) is 0 Å². The lowest BCUT2D eigenvalue weighted by Crippen LogP contribution is -2.32. The van der Waals surface area contributed by atoms with E-state index in [9.17, 15) is 0 Å². The van der Waals surface area contributed by atoms with Gasteiger partial charge in [-0.15, -0.1) is 5.10 Å². The van der Waals surface area contributed by atoms with E-state index < -0.39 is 0 Å². The lowest BCUT2D eigenvalue weighted by Gasteiger charge is -2.23. The Morgan fingerprint density at radius 3 is 2.83 bits per heavy atom. The van der Waals surface area contributed by atoms with Gasteiger partial charge in [0, 0.05) is 26.2 Å². The summed E-state index contributed by atoms with van der Waals surface area (Å²) in [5.41, 5.74) is 1.02. The van der Waals surface area contributed by atoms with Crippen molar-refractivity contribution in [1.82, 2.24) is 15.5 Å². The molecular formula is C13H20N4O. The van der Waals surface area contributed by atoms with Crippen LogP contribution in [0.2, 0.25) is 0 Å². The number of rotatable bonds is 5. The SMILES string of the molecule is CN(c1ccc(CNC2CC2)nn1)C1CCOC1. The minimum atomic E-state index is 0.440. The predicted octanol–water partition coefficient (Wildman–Crippen LogP) is 0.954. The highest BCUT2D eigenvalue weighted by atomic mass is 16.5. The third-order valence-electron chi connectivity index (χ3n) is 3.67. The molecule has 2 heterocycles. The van der Waals surface area contributed by atoms with Gasteiger partial charge in [-0.25, -0.2) is 0 Å². The molecule has 18 heavy (non-hydrogen) atoms. The molecule has 0 spiro atoms. The van der Waals surface area contributed by atoms with Gasteiger partial charge in [0.15, 0.2) is 5.82 Å². The smallest absolute Gasteiger partial charge is 0.151 e. The molecule has 3 rings (SSSR count). The number of ether oxygens (including phenoxy) is 1. The van der Waals surface area contributed by atoms with Gasteiger partial charge in [0.05, 0.1) is 18.3 Å². The second-order valence-electron chi connectivity index (χ2n) is 5.17. The third kappa shape index (κ3) is 2.79. The maximum Gasteiger partial charge on any atom is 0.151 e. The molecule has 1 saturated carbocycles. The first-order valence-electron chi connectivity index (χ1n) is 6.69. The Hall–Kier alpha value is -1.20. The molecular weight excluding hydrogens is 228 g/mol. The molecule has 5 heteroatoms. The number of aromatic nitrogens is 2. The molecule has 98 valence electrons. The number of anilines is 1. The highest BCUT2D eigenvalue weighted by molar-refractivity contribution is 5.37. The molecule has 1 aromatic heterocycles. The van der Waals surface area contributed by atoms with Crippen molar-refractivity contribution >= 4 is 5.82 Å². The summed E-state index contributed by atoms with van der Waals surface area (Å²) in [6.07, 6.45) is 3.68. The summed E-state index contributed by atoms with van der Waals surface area (Å²) in [6.45, 7) is 2.48. The van der Waals surface area contributed by atoms with Crippen LogP contribution in [0, 0.1) is 0 Å². The van der Waals surface area contributed by atoms with Crippen molar-refractivity contribution in [1.29, 1.82) is 0 Å². The topological polar surface area (TPSA) is 50.3 Å². The maximum atomic E-state index is 5.40. The fraction of sp³-hybridized carbons (Fsp3) is 0.692. The molecule has 1 N–H and O–H groups in total. The zero-order valence-corrected chi connectivity index (χ0v) is 10.8. The van der Waals surface area contributed by atoms with E-state index in [0.717, 1.165) is 37.7 Å². The van der Waals surface area contributed by atoms with Gasteiger partial charge in [-0.2, -0.15) is 5.10 Å². The molecule has 2 fully saturated rings. The van der Waals surface area contributed by atoms with Crippen molar-refractivity contribution < 1.29 is 4.74 Å². The Morgan fingerprint density at radius 1 is 1.33 bits per heavy atom. The average molecular weight is 248 g/mol. The molecule has 2 aliphatic rings. The first-order chi connectivity index (χ1) is 8.83. The van der Waals surface area contributed by atoms with E-state index in [0.29, 0.717) is 12.1 Å². The Labute approximate surface area is 108 Å². The number of hydrogen-bond donors (Lipinski definition) is 1. The summed E-state index contributed by atoms with van der Waals surface area (Å²) in [5, 5.41) is 12.0. The zero-order valence-electron chi connectivity index (χ0n) is 10.8. The second kappa shape index (κ2) is 5.20. The molecule has 0 bridgehead atoms. The molecule has 0 radical (unpaired) electrons. The normalized spacial score (nSPS) is 23.3.